The summed E-state index contributed by atoms with van der Waals surface area (Å²) in [4.78, 5) is 16.6. The summed E-state index contributed by atoms with van der Waals surface area (Å²) in [5.41, 5.74) is 14.1. The number of fused-ring (bicyclic) bond motifs is 7. The van der Waals surface area contributed by atoms with Gasteiger partial charge in [0.2, 0.25) is 0 Å². The van der Waals surface area contributed by atoms with Gasteiger partial charge < -0.3 is 4.90 Å². The fourth-order valence-corrected chi connectivity index (χ4v) is 9.79. The minimum atomic E-state index is -0.0941. The fourth-order valence-electron chi connectivity index (χ4n) is 8.06. The van der Waals surface area contributed by atoms with Gasteiger partial charge in [0, 0.05) is 42.3 Å². The zero-order chi connectivity index (χ0) is 33.5. The lowest BCUT2D eigenvalue weighted by Crippen LogP contribution is -2.18. The van der Waals surface area contributed by atoms with E-state index < -0.39 is 0 Å². The maximum Gasteiger partial charge on any atom is 0.160 e. The molecule has 2 nitrogen and oxygen atoms in total. The van der Waals surface area contributed by atoms with Gasteiger partial charge in [0.05, 0.1) is 4.88 Å². The molecule has 0 atom stereocenters. The number of hydrogen-bond donors (Lipinski definition) is 0. The van der Waals surface area contributed by atoms with Gasteiger partial charge in [-0.25, -0.2) is 0 Å². The average Bonchev–Trinajstić information content (AvgIpc) is 3.86. The van der Waals surface area contributed by atoms with Gasteiger partial charge in [-0.3, -0.25) is 4.79 Å². The minimum Gasteiger partial charge on any atom is -0.310 e. The Morgan fingerprint density at radius 3 is 1.59 bits per heavy atom. The Kier molecular flexibility index (Phi) is 6.75. The Bertz CT molecular complexity index is 2380. The standard InChI is InChI=1S/C45H35NOS2/c1-44(2)39-11-7-5-9-35(39)37-21-15-29(24-41(37)44)46(30-16-22-38-36-10-6-8-12-40(36)45(3,4)42(38)25-30)31-14-13-28-23-33(49-43(28)26-31)19-17-32-18-20-34(27-47)48-32/h5-27H,1-4H3/b19-17+. The normalized spacial score (nSPS) is 14.9. The van der Waals surface area contributed by atoms with Crippen LogP contribution in [0.1, 0.15) is 69.4 Å². The minimum absolute atomic E-state index is 0.0941. The van der Waals surface area contributed by atoms with Crippen molar-refractivity contribution < 1.29 is 4.79 Å². The second kappa shape index (κ2) is 11.0. The molecule has 0 bridgehead atoms. The van der Waals surface area contributed by atoms with Crippen LogP contribution in [0.3, 0.4) is 0 Å². The lowest BCUT2D eigenvalue weighted by Gasteiger charge is -2.29. The van der Waals surface area contributed by atoms with Crippen LogP contribution in [0.5, 0.6) is 0 Å². The SMILES string of the molecule is CC1(C)c2ccccc2-c2ccc(N(c3ccc4c(c3)C(C)(C)c3ccccc3-4)c3ccc4cc(/C=C/c5ccc(C=O)s5)sc4c3)cc21. The van der Waals surface area contributed by atoms with E-state index >= 15 is 0 Å². The molecule has 9 rings (SSSR count). The fraction of sp³-hybridized carbons (Fsp3) is 0.133. The van der Waals surface area contributed by atoms with Gasteiger partial charge >= 0.3 is 0 Å². The molecule has 0 amide bonds. The van der Waals surface area contributed by atoms with E-state index in [-0.39, 0.29) is 10.8 Å². The van der Waals surface area contributed by atoms with Gasteiger partial charge in [-0.15, -0.1) is 22.7 Å². The topological polar surface area (TPSA) is 20.3 Å². The maximum absolute atomic E-state index is 11.2. The Balaban J connectivity index is 1.18. The highest BCUT2D eigenvalue weighted by Gasteiger charge is 2.37. The van der Waals surface area contributed by atoms with Crippen molar-refractivity contribution in [1.82, 2.24) is 0 Å². The molecule has 4 heteroatoms. The van der Waals surface area contributed by atoms with Crippen LogP contribution in [-0.2, 0) is 10.8 Å². The number of aldehydes is 1. The first-order chi connectivity index (χ1) is 23.7. The molecule has 2 aromatic heterocycles. The smallest absolute Gasteiger partial charge is 0.160 e. The van der Waals surface area contributed by atoms with Gasteiger partial charge in [0.25, 0.3) is 0 Å². The van der Waals surface area contributed by atoms with Crippen LogP contribution in [0.2, 0.25) is 0 Å². The highest BCUT2D eigenvalue weighted by molar-refractivity contribution is 7.20. The van der Waals surface area contributed by atoms with Crippen LogP contribution in [-0.4, -0.2) is 6.29 Å². The molecular weight excluding hydrogens is 635 g/mol. The van der Waals surface area contributed by atoms with Gasteiger partial charge in [-0.05, 0) is 117 Å². The summed E-state index contributed by atoms with van der Waals surface area (Å²) < 4.78 is 1.24. The number of nitrogens with zero attached hydrogens (tertiary/aromatic N) is 1. The number of benzene rings is 5. The number of carbonyl (C=O) groups excluding carboxylic acids is 1. The van der Waals surface area contributed by atoms with Crippen molar-refractivity contribution in [1.29, 1.82) is 0 Å². The molecule has 0 fully saturated rings. The molecule has 5 aromatic carbocycles. The molecule has 2 aliphatic carbocycles. The lowest BCUT2D eigenvalue weighted by molar-refractivity contribution is 0.112. The second-order valence-corrected chi connectivity index (χ2v) is 16.5. The summed E-state index contributed by atoms with van der Waals surface area (Å²) in [6, 6.07) is 44.8. The highest BCUT2D eigenvalue weighted by atomic mass is 32.1. The Hall–Kier alpha value is -5.03. The van der Waals surface area contributed by atoms with Gasteiger partial charge in [-0.2, -0.15) is 0 Å². The average molecular weight is 670 g/mol. The van der Waals surface area contributed by atoms with E-state index in [0.717, 1.165) is 33.1 Å². The zero-order valence-electron chi connectivity index (χ0n) is 28.0. The summed E-state index contributed by atoms with van der Waals surface area (Å²) in [5, 5.41) is 1.23. The van der Waals surface area contributed by atoms with Crippen LogP contribution < -0.4 is 4.90 Å². The number of rotatable bonds is 6. The van der Waals surface area contributed by atoms with E-state index in [1.165, 1.54) is 70.8 Å². The van der Waals surface area contributed by atoms with Crippen LogP contribution in [0, 0.1) is 0 Å². The Labute approximate surface area is 295 Å². The highest BCUT2D eigenvalue weighted by Crippen LogP contribution is 2.53. The van der Waals surface area contributed by atoms with Gasteiger partial charge in [0.15, 0.2) is 6.29 Å². The quantitative estimate of drug-likeness (QED) is 0.164. The molecule has 0 aliphatic heterocycles. The van der Waals surface area contributed by atoms with E-state index in [9.17, 15) is 4.79 Å². The van der Waals surface area contributed by atoms with Crippen molar-refractivity contribution in [3.05, 3.63) is 158 Å². The second-order valence-electron chi connectivity index (χ2n) is 14.2. The first kappa shape index (κ1) is 30.1. The monoisotopic (exact) mass is 669 g/mol. The molecule has 2 aliphatic rings. The first-order valence-electron chi connectivity index (χ1n) is 16.8. The van der Waals surface area contributed by atoms with Crippen LogP contribution >= 0.6 is 22.7 Å². The molecule has 0 N–H and O–H groups in total. The summed E-state index contributed by atoms with van der Waals surface area (Å²) >= 11 is 3.31. The third kappa shape index (κ3) is 4.69. The molecule has 2 heterocycles. The predicted octanol–water partition coefficient (Wildman–Crippen LogP) is 13.0. The van der Waals surface area contributed by atoms with Crippen LogP contribution in [0.25, 0.3) is 44.5 Å². The van der Waals surface area contributed by atoms with Gasteiger partial charge in [0.1, 0.15) is 0 Å². The number of anilines is 3. The third-order valence-corrected chi connectivity index (χ3v) is 12.6. The van der Waals surface area contributed by atoms with Crippen LogP contribution in [0.15, 0.2) is 121 Å². The summed E-state index contributed by atoms with van der Waals surface area (Å²) in [6.07, 6.45) is 5.17. The first-order valence-corrected chi connectivity index (χ1v) is 18.4. The van der Waals surface area contributed by atoms with Crippen molar-refractivity contribution in [2.45, 2.75) is 38.5 Å². The molecule has 238 valence electrons. The molecule has 0 unspecified atom stereocenters. The van der Waals surface area contributed by atoms with E-state index in [4.69, 9.17) is 0 Å². The summed E-state index contributed by atoms with van der Waals surface area (Å²) in [6.45, 7) is 9.40. The summed E-state index contributed by atoms with van der Waals surface area (Å²) in [5.74, 6) is 0. The Morgan fingerprint density at radius 2 is 1.00 bits per heavy atom. The number of thiophene rings is 2. The molecule has 0 saturated carbocycles. The molecule has 0 radical (unpaired) electrons. The predicted molar refractivity (Wildman–Crippen MR) is 210 cm³/mol. The molecule has 0 spiro atoms. The molecule has 7 aromatic rings. The van der Waals surface area contributed by atoms with Crippen molar-refractivity contribution in [3.63, 3.8) is 0 Å². The lowest BCUT2D eigenvalue weighted by atomic mass is 9.82. The van der Waals surface area contributed by atoms with Crippen molar-refractivity contribution in [2.24, 2.45) is 0 Å². The largest absolute Gasteiger partial charge is 0.310 e. The molecule has 49 heavy (non-hydrogen) atoms. The number of hydrogen-bond acceptors (Lipinski definition) is 4. The Morgan fingerprint density at radius 1 is 0.490 bits per heavy atom. The van der Waals surface area contributed by atoms with E-state index in [2.05, 4.69) is 154 Å². The van der Waals surface area contributed by atoms with Crippen molar-refractivity contribution in [2.75, 3.05) is 4.90 Å². The van der Waals surface area contributed by atoms with E-state index in [1.807, 2.05) is 12.1 Å². The van der Waals surface area contributed by atoms with Crippen LogP contribution in [0.4, 0.5) is 17.1 Å². The van der Waals surface area contributed by atoms with Crippen molar-refractivity contribution in [3.8, 4) is 22.3 Å². The van der Waals surface area contributed by atoms with E-state index in [0.29, 0.717) is 0 Å². The maximum atomic E-state index is 11.2. The van der Waals surface area contributed by atoms with Gasteiger partial charge in [-0.1, -0.05) is 94.4 Å². The number of carbonyl (C=O) groups is 1. The third-order valence-electron chi connectivity index (χ3n) is 10.6. The molecule has 0 saturated heterocycles. The van der Waals surface area contributed by atoms with Crippen molar-refractivity contribution >= 4 is 68.3 Å². The van der Waals surface area contributed by atoms with E-state index in [1.54, 1.807) is 11.3 Å². The molecular formula is C45H35NOS2. The zero-order valence-corrected chi connectivity index (χ0v) is 29.6. The summed E-state index contributed by atoms with van der Waals surface area (Å²) in [7, 11) is 0.